The van der Waals surface area contributed by atoms with E-state index in [9.17, 15) is 9.59 Å². The van der Waals surface area contributed by atoms with Gasteiger partial charge < -0.3 is 19.3 Å². The molecule has 2 N–H and O–H groups in total. The number of imide groups is 1. The van der Waals surface area contributed by atoms with E-state index in [1.165, 1.54) is 9.80 Å². The normalized spacial score (nSPS) is 25.7. The summed E-state index contributed by atoms with van der Waals surface area (Å²) in [5, 5.41) is 0. The van der Waals surface area contributed by atoms with Crippen LogP contribution in [0, 0.1) is 0 Å². The Kier molecular flexibility index (Phi) is 6.34. The Labute approximate surface area is 160 Å². The quantitative estimate of drug-likeness (QED) is 0.549. The van der Waals surface area contributed by atoms with Gasteiger partial charge in [0.05, 0.1) is 27.2 Å². The molecule has 27 heavy (non-hydrogen) atoms. The number of methoxy groups -OCH3 is 2. The molecule has 0 aliphatic carbocycles. The number of carbonyl (C=O) groups excluding carboxylic acids is 2. The highest BCUT2D eigenvalue weighted by Gasteiger charge is 2.45. The molecule has 0 saturated carbocycles. The predicted octanol–water partition coefficient (Wildman–Crippen LogP) is -1.82. The van der Waals surface area contributed by atoms with Gasteiger partial charge in [0.25, 0.3) is 5.91 Å². The first-order valence-electron chi connectivity index (χ1n) is 9.80. The predicted molar refractivity (Wildman–Crippen MR) is 100 cm³/mol. The van der Waals surface area contributed by atoms with E-state index in [0.29, 0.717) is 30.9 Å². The van der Waals surface area contributed by atoms with Gasteiger partial charge in [0.15, 0.2) is 17.5 Å². The Morgan fingerprint density at radius 2 is 1.78 bits per heavy atom. The van der Waals surface area contributed by atoms with Crippen LogP contribution in [0.4, 0.5) is 0 Å². The van der Waals surface area contributed by atoms with Crippen molar-refractivity contribution in [2.75, 3.05) is 53.5 Å². The van der Waals surface area contributed by atoms with Crippen LogP contribution in [0.3, 0.4) is 0 Å². The second-order valence-corrected chi connectivity index (χ2v) is 7.34. The molecule has 0 radical (unpaired) electrons. The zero-order valence-electron chi connectivity index (χ0n) is 16.5. The molecule has 2 fully saturated rings. The molecule has 0 unspecified atom stereocenters. The first-order valence-corrected chi connectivity index (χ1v) is 9.80. The van der Waals surface area contributed by atoms with Crippen molar-refractivity contribution in [3.05, 3.63) is 23.8 Å². The van der Waals surface area contributed by atoms with E-state index in [1.807, 2.05) is 18.2 Å². The number of amides is 2. The zero-order valence-corrected chi connectivity index (χ0v) is 16.5. The van der Waals surface area contributed by atoms with E-state index in [2.05, 4.69) is 6.92 Å². The minimum Gasteiger partial charge on any atom is -0.493 e. The number of likely N-dealkylation sites (N-methyl/N-ethyl adjacent to an activating group) is 1. The van der Waals surface area contributed by atoms with Gasteiger partial charge in [0.2, 0.25) is 5.91 Å². The number of carbonyl (C=O) groups is 2. The fourth-order valence-corrected chi connectivity index (χ4v) is 4.14. The molecule has 2 amide bonds. The van der Waals surface area contributed by atoms with E-state index in [4.69, 9.17) is 9.47 Å². The van der Waals surface area contributed by atoms with Crippen LogP contribution in [0.2, 0.25) is 0 Å². The second-order valence-electron chi connectivity index (χ2n) is 7.34. The highest BCUT2D eigenvalue weighted by atomic mass is 16.5. The van der Waals surface area contributed by atoms with E-state index < -0.39 is 0 Å². The number of hydrogen-bond donors (Lipinski definition) is 2. The van der Waals surface area contributed by atoms with Crippen molar-refractivity contribution in [1.29, 1.82) is 0 Å². The third-order valence-corrected chi connectivity index (χ3v) is 5.91. The first kappa shape index (κ1) is 19.6. The smallest absolute Gasteiger partial charge is 0.288 e. The summed E-state index contributed by atoms with van der Waals surface area (Å²) in [6.07, 6.45) is 0.967. The summed E-state index contributed by atoms with van der Waals surface area (Å²) in [6, 6.07) is 5.51. The van der Waals surface area contributed by atoms with Gasteiger partial charge in [0, 0.05) is 6.54 Å². The van der Waals surface area contributed by atoms with Crippen LogP contribution < -0.4 is 19.3 Å². The standard InChI is InChI=1S/C20H29N3O4/c1-4-21-9-11-22(12-10-21)16-14-19(24)23(20(16)25)8-7-15-5-6-17(26-2)18(13-15)27-3/h5-6,13,16H,4,7-12,14H2,1-3H3/p+2/t16-/m0/s1. The average molecular weight is 377 g/mol. The van der Waals surface area contributed by atoms with Crippen molar-refractivity contribution in [2.45, 2.75) is 25.8 Å². The summed E-state index contributed by atoms with van der Waals surface area (Å²) < 4.78 is 10.6. The molecule has 148 valence electrons. The molecule has 0 bridgehead atoms. The Morgan fingerprint density at radius 1 is 1.07 bits per heavy atom. The summed E-state index contributed by atoms with van der Waals surface area (Å²) in [5.41, 5.74) is 1.02. The third kappa shape index (κ3) is 4.25. The van der Waals surface area contributed by atoms with Gasteiger partial charge in [-0.1, -0.05) is 6.07 Å². The van der Waals surface area contributed by atoms with Crippen molar-refractivity contribution in [3.8, 4) is 11.5 Å². The highest BCUT2D eigenvalue weighted by molar-refractivity contribution is 6.04. The lowest BCUT2D eigenvalue weighted by Crippen LogP contribution is -3.29. The molecule has 0 spiro atoms. The van der Waals surface area contributed by atoms with Crippen LogP contribution in [0.5, 0.6) is 11.5 Å². The molecule has 7 heteroatoms. The molecule has 2 aliphatic heterocycles. The number of rotatable bonds is 7. The third-order valence-electron chi connectivity index (χ3n) is 5.91. The van der Waals surface area contributed by atoms with Gasteiger partial charge in [-0.3, -0.25) is 14.5 Å². The van der Waals surface area contributed by atoms with Crippen molar-refractivity contribution < 1.29 is 28.9 Å². The summed E-state index contributed by atoms with van der Waals surface area (Å²) in [5.74, 6) is 1.29. The van der Waals surface area contributed by atoms with Crippen LogP contribution >= 0.6 is 0 Å². The van der Waals surface area contributed by atoms with Gasteiger partial charge in [-0.2, -0.15) is 0 Å². The molecule has 2 saturated heterocycles. The van der Waals surface area contributed by atoms with Crippen molar-refractivity contribution in [3.63, 3.8) is 0 Å². The van der Waals surface area contributed by atoms with Gasteiger partial charge >= 0.3 is 0 Å². The maximum Gasteiger partial charge on any atom is 0.288 e. The molecule has 1 aromatic rings. The molecular weight excluding hydrogens is 346 g/mol. The number of hydrogen-bond acceptors (Lipinski definition) is 4. The maximum atomic E-state index is 12.8. The summed E-state index contributed by atoms with van der Waals surface area (Å²) in [6.45, 7) is 7.84. The Hall–Kier alpha value is -2.12. The Balaban J connectivity index is 1.59. The minimum atomic E-state index is -0.193. The van der Waals surface area contributed by atoms with Gasteiger partial charge in [-0.25, -0.2) is 0 Å². The Bertz CT molecular complexity index is 686. The molecule has 7 nitrogen and oxygen atoms in total. The summed E-state index contributed by atoms with van der Waals surface area (Å²) in [4.78, 5) is 29.6. The largest absolute Gasteiger partial charge is 0.493 e. The molecule has 3 rings (SSSR count). The monoisotopic (exact) mass is 377 g/mol. The van der Waals surface area contributed by atoms with E-state index in [-0.39, 0.29) is 17.9 Å². The van der Waals surface area contributed by atoms with Gasteiger partial charge in [-0.05, 0) is 31.0 Å². The van der Waals surface area contributed by atoms with Crippen molar-refractivity contribution in [2.24, 2.45) is 0 Å². The molecule has 1 aromatic carbocycles. The zero-order chi connectivity index (χ0) is 19.4. The topological polar surface area (TPSA) is 64.7 Å². The number of benzene rings is 1. The maximum absolute atomic E-state index is 12.8. The molecule has 0 aromatic heterocycles. The number of quaternary nitrogens is 2. The number of nitrogens with one attached hydrogen (secondary N) is 2. The van der Waals surface area contributed by atoms with E-state index >= 15 is 0 Å². The number of likely N-dealkylation sites (tertiary alicyclic amines) is 1. The summed E-state index contributed by atoms with van der Waals surface area (Å²) >= 11 is 0. The average Bonchev–Trinajstić information content (AvgIpc) is 2.99. The SMILES string of the molecule is CC[NH+]1CC[NH+]([C@H]2CC(=O)N(CCc3ccc(OC)c(OC)c3)C2=O)CC1. The fourth-order valence-electron chi connectivity index (χ4n) is 4.14. The van der Waals surface area contributed by atoms with Crippen LogP contribution in [-0.2, 0) is 16.0 Å². The number of nitrogens with zero attached hydrogens (tertiary/aromatic N) is 1. The van der Waals surface area contributed by atoms with Crippen LogP contribution in [0.1, 0.15) is 18.9 Å². The number of ether oxygens (including phenoxy) is 2. The molecule has 2 heterocycles. The van der Waals surface area contributed by atoms with Crippen molar-refractivity contribution >= 4 is 11.8 Å². The lowest BCUT2D eigenvalue weighted by molar-refractivity contribution is -1.02. The fraction of sp³-hybridized carbons (Fsp3) is 0.600. The Morgan fingerprint density at radius 3 is 2.41 bits per heavy atom. The molecular formula is C20H31N3O4+2. The van der Waals surface area contributed by atoms with Gasteiger partial charge in [0.1, 0.15) is 26.2 Å². The number of piperazine rings is 1. The van der Waals surface area contributed by atoms with Crippen LogP contribution in [0.15, 0.2) is 18.2 Å². The molecule has 1 atom stereocenters. The lowest BCUT2D eigenvalue weighted by atomic mass is 10.1. The minimum absolute atomic E-state index is 0.00424. The first-order chi connectivity index (χ1) is 13.1. The summed E-state index contributed by atoms with van der Waals surface area (Å²) in [7, 11) is 3.20. The lowest BCUT2D eigenvalue weighted by Gasteiger charge is -2.31. The van der Waals surface area contributed by atoms with E-state index in [1.54, 1.807) is 19.1 Å². The van der Waals surface area contributed by atoms with Crippen LogP contribution in [0.25, 0.3) is 0 Å². The van der Waals surface area contributed by atoms with Crippen molar-refractivity contribution in [1.82, 2.24) is 4.90 Å². The second kappa shape index (κ2) is 8.71. The van der Waals surface area contributed by atoms with Crippen LogP contribution in [-0.4, -0.2) is 76.2 Å². The highest BCUT2D eigenvalue weighted by Crippen LogP contribution is 2.28. The molecule has 2 aliphatic rings. The van der Waals surface area contributed by atoms with E-state index in [0.717, 1.165) is 38.3 Å². The van der Waals surface area contributed by atoms with Gasteiger partial charge in [-0.15, -0.1) is 0 Å².